The number of rotatable bonds is 6. The van der Waals surface area contributed by atoms with E-state index in [1.165, 1.54) is 22.1 Å². The first-order chi connectivity index (χ1) is 14.3. The minimum absolute atomic E-state index is 0.816. The monoisotopic (exact) mass is 397 g/mol. The van der Waals surface area contributed by atoms with Crippen molar-refractivity contribution in [3.05, 3.63) is 72.8 Å². The van der Waals surface area contributed by atoms with Gasteiger partial charge in [0, 0.05) is 29.6 Å². The molecule has 0 unspecified atom stereocenters. The molecular formula is C25H23N3S. The molecular weight excluding hydrogens is 374 g/mol. The Labute approximate surface area is 176 Å². The number of aromatic amines is 1. The number of aromatic nitrogens is 1. The molecule has 0 fully saturated rings. The Hall–Kier alpha value is -3.20. The van der Waals surface area contributed by atoms with E-state index in [9.17, 15) is 0 Å². The number of hydrogen-bond acceptors (Lipinski definition) is 3. The first-order valence-corrected chi connectivity index (χ1v) is 10.3. The number of nitrogens with zero attached hydrogens (tertiary/aromatic N) is 2. The maximum Gasteiger partial charge on any atom is 0.114 e. The molecule has 3 nitrogen and oxygen atoms in total. The number of benzene rings is 3. The molecule has 144 valence electrons. The van der Waals surface area contributed by atoms with E-state index in [1.807, 2.05) is 12.1 Å². The summed E-state index contributed by atoms with van der Waals surface area (Å²) in [5.41, 5.74) is 6.78. The van der Waals surface area contributed by atoms with Crippen molar-refractivity contribution in [3.63, 3.8) is 0 Å². The van der Waals surface area contributed by atoms with Crippen LogP contribution in [0.4, 0.5) is 11.5 Å². The first-order valence-electron chi connectivity index (χ1n) is 9.90. The van der Waals surface area contributed by atoms with Gasteiger partial charge in [0.2, 0.25) is 0 Å². The Morgan fingerprint density at radius 1 is 0.862 bits per heavy atom. The lowest BCUT2D eigenvalue weighted by atomic mass is 9.95. The van der Waals surface area contributed by atoms with Gasteiger partial charge in [-0.2, -0.15) is 4.99 Å². The molecule has 1 aromatic heterocycles. The fourth-order valence-corrected chi connectivity index (χ4v) is 4.01. The van der Waals surface area contributed by atoms with Crippen molar-refractivity contribution in [1.29, 1.82) is 0 Å². The Morgan fingerprint density at radius 2 is 1.59 bits per heavy atom. The van der Waals surface area contributed by atoms with Crippen molar-refractivity contribution in [2.75, 3.05) is 18.0 Å². The van der Waals surface area contributed by atoms with Crippen LogP contribution < -0.4 is 4.90 Å². The normalized spacial score (nSPS) is 10.7. The van der Waals surface area contributed by atoms with E-state index in [2.05, 4.69) is 94.5 Å². The van der Waals surface area contributed by atoms with Crippen molar-refractivity contribution in [2.45, 2.75) is 13.8 Å². The van der Waals surface area contributed by atoms with Gasteiger partial charge in [0.25, 0.3) is 0 Å². The van der Waals surface area contributed by atoms with Gasteiger partial charge in [-0.05, 0) is 61.0 Å². The van der Waals surface area contributed by atoms with Crippen molar-refractivity contribution in [3.8, 4) is 22.3 Å². The average Bonchev–Trinajstić information content (AvgIpc) is 3.15. The molecule has 0 atom stereocenters. The third-order valence-corrected chi connectivity index (χ3v) is 5.39. The van der Waals surface area contributed by atoms with E-state index in [4.69, 9.17) is 12.2 Å². The van der Waals surface area contributed by atoms with Crippen molar-refractivity contribution in [1.82, 2.24) is 4.98 Å². The van der Waals surface area contributed by atoms with Crippen LogP contribution in [0.3, 0.4) is 0 Å². The molecule has 0 saturated heterocycles. The molecule has 0 saturated carbocycles. The van der Waals surface area contributed by atoms with Crippen LogP contribution in [-0.4, -0.2) is 23.2 Å². The fourth-order valence-electron chi connectivity index (χ4n) is 3.91. The third-order valence-electron chi connectivity index (χ3n) is 5.30. The van der Waals surface area contributed by atoms with Crippen LogP contribution in [0.15, 0.2) is 77.8 Å². The topological polar surface area (TPSA) is 31.4 Å². The molecule has 4 rings (SSSR count). The Bertz CT molecular complexity index is 1170. The summed E-state index contributed by atoms with van der Waals surface area (Å²) < 4.78 is 0. The lowest BCUT2D eigenvalue weighted by Crippen LogP contribution is -2.22. The van der Waals surface area contributed by atoms with Crippen molar-refractivity contribution >= 4 is 39.8 Å². The zero-order chi connectivity index (χ0) is 20.2. The molecule has 0 bridgehead atoms. The standard InChI is InChI=1S/C25H23N3S/c1-3-28(4-2)25-23(19-13-15-20(16-14-19)26-17-29)24-21(11-8-12-22(24)27-25)18-9-6-5-7-10-18/h5-16,27H,3-4H2,1-2H3. The summed E-state index contributed by atoms with van der Waals surface area (Å²) in [5, 5.41) is 3.68. The summed E-state index contributed by atoms with van der Waals surface area (Å²) in [6, 6.07) is 25.2. The maximum atomic E-state index is 4.74. The van der Waals surface area contributed by atoms with Gasteiger partial charge in [-0.25, -0.2) is 0 Å². The molecule has 0 aliphatic rings. The average molecular weight is 398 g/mol. The highest BCUT2D eigenvalue weighted by Crippen LogP contribution is 2.43. The van der Waals surface area contributed by atoms with Gasteiger partial charge in [-0.15, -0.1) is 0 Å². The zero-order valence-corrected chi connectivity index (χ0v) is 17.5. The molecule has 1 N–H and O–H groups in total. The molecule has 0 aliphatic carbocycles. The smallest absolute Gasteiger partial charge is 0.114 e. The van der Waals surface area contributed by atoms with Crippen molar-refractivity contribution in [2.24, 2.45) is 4.99 Å². The predicted octanol–water partition coefficient (Wildman–Crippen LogP) is 7.08. The molecule has 0 spiro atoms. The molecule has 4 heteroatoms. The summed E-state index contributed by atoms with van der Waals surface area (Å²) in [4.78, 5) is 10.1. The second-order valence-corrected chi connectivity index (χ2v) is 7.05. The third kappa shape index (κ3) is 3.61. The molecule has 0 aliphatic heterocycles. The molecule has 3 aromatic carbocycles. The van der Waals surface area contributed by atoms with Crippen LogP contribution in [0.1, 0.15) is 13.8 Å². The number of isothiocyanates is 1. The Balaban J connectivity index is 2.03. The van der Waals surface area contributed by atoms with Gasteiger partial charge in [-0.1, -0.05) is 54.6 Å². The number of thiocarbonyl (C=S) groups is 1. The van der Waals surface area contributed by atoms with Gasteiger partial charge >= 0.3 is 0 Å². The van der Waals surface area contributed by atoms with Crippen molar-refractivity contribution < 1.29 is 0 Å². The molecule has 0 radical (unpaired) electrons. The lowest BCUT2D eigenvalue weighted by molar-refractivity contribution is 0.854. The predicted molar refractivity (Wildman–Crippen MR) is 127 cm³/mol. The minimum Gasteiger partial charge on any atom is -0.358 e. The van der Waals surface area contributed by atoms with Gasteiger partial charge in [0.1, 0.15) is 5.82 Å². The van der Waals surface area contributed by atoms with Gasteiger partial charge in [0.05, 0.1) is 10.8 Å². The Morgan fingerprint density at radius 3 is 2.24 bits per heavy atom. The highest BCUT2D eigenvalue weighted by atomic mass is 32.1. The Kier molecular flexibility index (Phi) is 5.57. The largest absolute Gasteiger partial charge is 0.358 e. The maximum absolute atomic E-state index is 4.74. The fraction of sp³-hybridized carbons (Fsp3) is 0.160. The van der Waals surface area contributed by atoms with Crippen LogP contribution in [0, 0.1) is 0 Å². The number of anilines is 1. The first kappa shape index (κ1) is 19.1. The zero-order valence-electron chi connectivity index (χ0n) is 16.6. The van der Waals surface area contributed by atoms with E-state index < -0.39 is 0 Å². The summed E-state index contributed by atoms with van der Waals surface area (Å²) in [6.45, 7) is 6.25. The summed E-state index contributed by atoms with van der Waals surface area (Å²) in [6.07, 6.45) is 0. The van der Waals surface area contributed by atoms with Crippen LogP contribution in [0.2, 0.25) is 0 Å². The van der Waals surface area contributed by atoms with Crippen LogP contribution in [-0.2, 0) is 0 Å². The van der Waals surface area contributed by atoms with E-state index in [1.54, 1.807) is 0 Å². The minimum atomic E-state index is 0.816. The summed E-state index contributed by atoms with van der Waals surface area (Å²) in [5.74, 6) is 1.15. The highest BCUT2D eigenvalue weighted by molar-refractivity contribution is 7.78. The number of nitrogens with one attached hydrogen (secondary N) is 1. The van der Waals surface area contributed by atoms with E-state index in [0.29, 0.717) is 0 Å². The summed E-state index contributed by atoms with van der Waals surface area (Å²) >= 11 is 4.74. The van der Waals surface area contributed by atoms with E-state index >= 15 is 0 Å². The number of aliphatic imine (C=N–C) groups is 1. The second-order valence-electron chi connectivity index (χ2n) is 6.87. The molecule has 0 amide bonds. The van der Waals surface area contributed by atoms with E-state index in [-0.39, 0.29) is 0 Å². The van der Waals surface area contributed by atoms with Crippen LogP contribution >= 0.6 is 12.2 Å². The summed E-state index contributed by atoms with van der Waals surface area (Å²) in [7, 11) is 0. The number of fused-ring (bicyclic) bond motifs is 1. The molecule has 29 heavy (non-hydrogen) atoms. The number of H-pyrrole nitrogens is 1. The second kappa shape index (κ2) is 8.44. The van der Waals surface area contributed by atoms with Gasteiger partial charge < -0.3 is 9.88 Å². The van der Waals surface area contributed by atoms with Gasteiger partial charge in [-0.3, -0.25) is 0 Å². The quantitative estimate of drug-likeness (QED) is 0.278. The lowest BCUT2D eigenvalue weighted by Gasteiger charge is -2.21. The molecule has 1 heterocycles. The van der Waals surface area contributed by atoms with Crippen LogP contribution in [0.25, 0.3) is 33.2 Å². The number of hydrogen-bond donors (Lipinski definition) is 1. The van der Waals surface area contributed by atoms with E-state index in [0.717, 1.165) is 35.7 Å². The van der Waals surface area contributed by atoms with Crippen LogP contribution in [0.5, 0.6) is 0 Å². The molecule has 4 aromatic rings. The highest BCUT2D eigenvalue weighted by Gasteiger charge is 2.20. The van der Waals surface area contributed by atoms with Gasteiger partial charge in [0.15, 0.2) is 0 Å². The SMILES string of the molecule is CCN(CC)c1[nH]c2cccc(-c3ccccc3)c2c1-c1ccc(N=C=S)cc1.